The second-order valence-corrected chi connectivity index (χ2v) is 6.22. The molecule has 0 aromatic heterocycles. The third kappa shape index (κ3) is 5.07. The predicted octanol–water partition coefficient (Wildman–Crippen LogP) is 4.39. The average molecular weight is 341 g/mol. The zero-order chi connectivity index (χ0) is 17.5. The molecule has 3 nitrogen and oxygen atoms in total. The van der Waals surface area contributed by atoms with Gasteiger partial charge in [0.1, 0.15) is 11.9 Å². The van der Waals surface area contributed by atoms with E-state index >= 15 is 0 Å². The number of benzene rings is 2. The van der Waals surface area contributed by atoms with Gasteiger partial charge >= 0.3 is 0 Å². The summed E-state index contributed by atoms with van der Waals surface area (Å²) in [6.07, 6.45) is 6.38. The van der Waals surface area contributed by atoms with Crippen LogP contribution in [0.25, 0.3) is 6.08 Å². The van der Waals surface area contributed by atoms with Gasteiger partial charge < -0.3 is 9.47 Å². The van der Waals surface area contributed by atoms with Crippen LogP contribution in [0.4, 0.5) is 4.39 Å². The van der Waals surface area contributed by atoms with E-state index in [4.69, 9.17) is 9.47 Å². The van der Waals surface area contributed by atoms with E-state index in [0.717, 1.165) is 49.5 Å². The van der Waals surface area contributed by atoms with Crippen LogP contribution in [0.1, 0.15) is 18.4 Å². The topological polar surface area (TPSA) is 21.7 Å². The van der Waals surface area contributed by atoms with Gasteiger partial charge in [0.25, 0.3) is 0 Å². The lowest BCUT2D eigenvalue weighted by molar-refractivity contribution is 0.193. The van der Waals surface area contributed by atoms with Gasteiger partial charge in [0.2, 0.25) is 0 Å². The van der Waals surface area contributed by atoms with Crippen LogP contribution in [0.5, 0.6) is 11.5 Å². The fraction of sp³-hybridized carbons (Fsp3) is 0.333. The number of hydrogen-bond donors (Lipinski definition) is 0. The van der Waals surface area contributed by atoms with E-state index in [0.29, 0.717) is 0 Å². The molecular formula is C21H24FNO2. The minimum absolute atomic E-state index is 0.199. The summed E-state index contributed by atoms with van der Waals surface area (Å²) in [6, 6.07) is 14.3. The molecule has 1 aliphatic heterocycles. The van der Waals surface area contributed by atoms with Gasteiger partial charge in [0, 0.05) is 19.6 Å². The van der Waals surface area contributed by atoms with Crippen molar-refractivity contribution in [3.05, 3.63) is 66.0 Å². The monoisotopic (exact) mass is 341 g/mol. The van der Waals surface area contributed by atoms with Gasteiger partial charge in [-0.2, -0.15) is 0 Å². The lowest BCUT2D eigenvalue weighted by Crippen LogP contribution is -2.25. The number of halogens is 1. The van der Waals surface area contributed by atoms with Crippen LogP contribution in [0.15, 0.2) is 54.6 Å². The van der Waals surface area contributed by atoms with Crippen molar-refractivity contribution < 1.29 is 13.9 Å². The summed E-state index contributed by atoms with van der Waals surface area (Å²) >= 11 is 0. The van der Waals surface area contributed by atoms with Crippen LogP contribution in [0.2, 0.25) is 0 Å². The molecule has 4 heteroatoms. The molecule has 1 atom stereocenters. The molecule has 0 amide bonds. The molecule has 0 N–H and O–H groups in total. The SMILES string of the molecule is COc1ccccc1OC1CCN(CC/C=C/c2ccc(F)cc2)C1. The number of ether oxygens (including phenoxy) is 2. The molecule has 25 heavy (non-hydrogen) atoms. The van der Waals surface area contributed by atoms with Crippen molar-refractivity contribution in [2.24, 2.45) is 0 Å². The molecule has 0 saturated carbocycles. The zero-order valence-corrected chi connectivity index (χ0v) is 14.5. The Morgan fingerprint density at radius 3 is 2.64 bits per heavy atom. The Labute approximate surface area is 148 Å². The molecule has 1 fully saturated rings. The first-order valence-corrected chi connectivity index (χ1v) is 8.69. The highest BCUT2D eigenvalue weighted by molar-refractivity contribution is 5.48. The van der Waals surface area contributed by atoms with Crippen LogP contribution in [0, 0.1) is 5.82 Å². The lowest BCUT2D eigenvalue weighted by atomic mass is 10.2. The Balaban J connectivity index is 1.43. The Morgan fingerprint density at radius 1 is 1.12 bits per heavy atom. The molecule has 1 unspecified atom stereocenters. The van der Waals surface area contributed by atoms with Crippen molar-refractivity contribution in [1.29, 1.82) is 0 Å². The first-order chi connectivity index (χ1) is 12.2. The van der Waals surface area contributed by atoms with E-state index in [2.05, 4.69) is 11.0 Å². The van der Waals surface area contributed by atoms with Crippen molar-refractivity contribution in [2.45, 2.75) is 18.9 Å². The number of likely N-dealkylation sites (tertiary alicyclic amines) is 1. The molecule has 1 aliphatic rings. The third-order valence-corrected chi connectivity index (χ3v) is 4.38. The molecule has 3 rings (SSSR count). The lowest BCUT2D eigenvalue weighted by Gasteiger charge is -2.17. The minimum Gasteiger partial charge on any atom is -0.493 e. The fourth-order valence-corrected chi connectivity index (χ4v) is 3.04. The maximum atomic E-state index is 12.9. The van der Waals surface area contributed by atoms with Crippen LogP contribution in [-0.2, 0) is 0 Å². The van der Waals surface area contributed by atoms with Crippen LogP contribution in [0.3, 0.4) is 0 Å². The fourth-order valence-electron chi connectivity index (χ4n) is 3.04. The summed E-state index contributed by atoms with van der Waals surface area (Å²) < 4.78 is 24.3. The Bertz CT molecular complexity index is 699. The van der Waals surface area contributed by atoms with Crippen molar-refractivity contribution in [2.75, 3.05) is 26.7 Å². The molecule has 0 spiro atoms. The van der Waals surface area contributed by atoms with Crippen molar-refractivity contribution in [3.8, 4) is 11.5 Å². The normalized spacial score (nSPS) is 17.9. The molecule has 2 aromatic carbocycles. The molecule has 1 saturated heterocycles. The number of para-hydroxylation sites is 2. The number of rotatable bonds is 7. The largest absolute Gasteiger partial charge is 0.493 e. The Hall–Kier alpha value is -2.33. The zero-order valence-electron chi connectivity index (χ0n) is 14.5. The van der Waals surface area contributed by atoms with Gasteiger partial charge in [-0.15, -0.1) is 0 Å². The predicted molar refractivity (Wildman–Crippen MR) is 98.5 cm³/mol. The van der Waals surface area contributed by atoms with Gasteiger partial charge in [-0.25, -0.2) is 4.39 Å². The van der Waals surface area contributed by atoms with Gasteiger partial charge in [-0.05, 0) is 42.7 Å². The highest BCUT2D eigenvalue weighted by atomic mass is 19.1. The first kappa shape index (κ1) is 17.5. The minimum atomic E-state index is -0.199. The molecule has 0 aliphatic carbocycles. The van der Waals surface area contributed by atoms with Gasteiger partial charge in [-0.3, -0.25) is 4.90 Å². The van der Waals surface area contributed by atoms with E-state index in [1.165, 1.54) is 12.1 Å². The summed E-state index contributed by atoms with van der Waals surface area (Å²) in [7, 11) is 1.66. The second kappa shape index (κ2) is 8.67. The summed E-state index contributed by atoms with van der Waals surface area (Å²) in [4.78, 5) is 2.41. The quantitative estimate of drug-likeness (QED) is 0.745. The molecule has 1 heterocycles. The van der Waals surface area contributed by atoms with Gasteiger partial charge in [-0.1, -0.05) is 36.4 Å². The smallest absolute Gasteiger partial charge is 0.161 e. The van der Waals surface area contributed by atoms with Gasteiger partial charge in [0.15, 0.2) is 11.5 Å². The number of hydrogen-bond acceptors (Lipinski definition) is 3. The molecule has 132 valence electrons. The summed E-state index contributed by atoms with van der Waals surface area (Å²) in [5, 5.41) is 0. The summed E-state index contributed by atoms with van der Waals surface area (Å²) in [6.45, 7) is 2.98. The van der Waals surface area contributed by atoms with Crippen LogP contribution in [-0.4, -0.2) is 37.7 Å². The highest BCUT2D eigenvalue weighted by Crippen LogP contribution is 2.28. The van der Waals surface area contributed by atoms with Gasteiger partial charge in [0.05, 0.1) is 7.11 Å². The Morgan fingerprint density at radius 2 is 1.88 bits per heavy atom. The third-order valence-electron chi connectivity index (χ3n) is 4.38. The van der Waals surface area contributed by atoms with Crippen molar-refractivity contribution >= 4 is 6.08 Å². The van der Waals surface area contributed by atoms with E-state index in [9.17, 15) is 4.39 Å². The summed E-state index contributed by atoms with van der Waals surface area (Å²) in [5.41, 5.74) is 1.03. The maximum Gasteiger partial charge on any atom is 0.161 e. The molecule has 0 radical (unpaired) electrons. The molecule has 0 bridgehead atoms. The van der Waals surface area contributed by atoms with E-state index < -0.39 is 0 Å². The van der Waals surface area contributed by atoms with E-state index in [-0.39, 0.29) is 11.9 Å². The number of nitrogens with zero attached hydrogens (tertiary/aromatic N) is 1. The van der Waals surface area contributed by atoms with Crippen molar-refractivity contribution in [3.63, 3.8) is 0 Å². The molecular weight excluding hydrogens is 317 g/mol. The van der Waals surface area contributed by atoms with Crippen molar-refractivity contribution in [1.82, 2.24) is 4.90 Å². The Kier molecular flexibility index (Phi) is 6.07. The van der Waals surface area contributed by atoms with E-state index in [1.807, 2.05) is 30.3 Å². The average Bonchev–Trinajstić information content (AvgIpc) is 3.08. The highest BCUT2D eigenvalue weighted by Gasteiger charge is 2.24. The molecule has 2 aromatic rings. The summed E-state index contributed by atoms with van der Waals surface area (Å²) in [5.74, 6) is 1.39. The second-order valence-electron chi connectivity index (χ2n) is 6.22. The van der Waals surface area contributed by atoms with Crippen LogP contribution >= 0.6 is 0 Å². The van der Waals surface area contributed by atoms with Crippen LogP contribution < -0.4 is 9.47 Å². The van der Waals surface area contributed by atoms with E-state index in [1.54, 1.807) is 19.2 Å². The first-order valence-electron chi connectivity index (χ1n) is 8.69. The number of methoxy groups -OCH3 is 1. The maximum absolute atomic E-state index is 12.9. The standard InChI is InChI=1S/C21H24FNO2/c1-24-20-7-2-3-8-21(20)25-19-13-15-23(16-19)14-5-4-6-17-9-11-18(22)12-10-17/h2-4,6-12,19H,5,13-16H2,1H3/b6-4+.